The highest BCUT2D eigenvalue weighted by Crippen LogP contribution is 2.64. The Labute approximate surface area is 235 Å². The van der Waals surface area contributed by atoms with Crippen LogP contribution in [0.3, 0.4) is 0 Å². The molecule has 1 aromatic rings. The van der Waals surface area contributed by atoms with Gasteiger partial charge in [0.15, 0.2) is 0 Å². The lowest BCUT2D eigenvalue weighted by molar-refractivity contribution is -0.364. The number of hydrogen-bond acceptors (Lipinski definition) is 9. The molecule has 5 rings (SSSR count). The van der Waals surface area contributed by atoms with Crippen LogP contribution in [0, 0.1) is 16.7 Å². The van der Waals surface area contributed by atoms with Crippen molar-refractivity contribution in [1.29, 1.82) is 0 Å². The first-order valence-corrected chi connectivity index (χ1v) is 13.9. The van der Waals surface area contributed by atoms with Gasteiger partial charge in [-0.2, -0.15) is 0 Å². The number of likely N-dealkylation sites (N-methyl/N-ethyl adjacent to an activating group) is 1. The van der Waals surface area contributed by atoms with Gasteiger partial charge in [-0.3, -0.25) is 9.69 Å². The number of carbonyl (C=O) groups is 2. The van der Waals surface area contributed by atoms with Crippen LogP contribution in [0.4, 0.5) is 0 Å². The van der Waals surface area contributed by atoms with Crippen molar-refractivity contribution in [3.63, 3.8) is 0 Å². The van der Waals surface area contributed by atoms with Crippen LogP contribution in [0.5, 0.6) is 0 Å². The topological polar surface area (TPSA) is 126 Å². The van der Waals surface area contributed by atoms with Crippen LogP contribution in [0.2, 0.25) is 0 Å². The van der Waals surface area contributed by atoms with Crippen molar-refractivity contribution in [2.24, 2.45) is 16.7 Å². The number of fused-ring (bicyclic) bond motifs is 5. The van der Waals surface area contributed by atoms with Gasteiger partial charge in [-0.1, -0.05) is 56.7 Å². The summed E-state index contributed by atoms with van der Waals surface area (Å²) in [6, 6.07) is 8.64. The normalized spacial score (nSPS) is 39.8. The molecule has 40 heavy (non-hydrogen) atoms. The van der Waals surface area contributed by atoms with Crippen molar-refractivity contribution in [2.45, 2.75) is 89.6 Å². The summed E-state index contributed by atoms with van der Waals surface area (Å²) in [6.45, 7) is 8.79. The third kappa shape index (κ3) is 4.01. The molecule has 2 fully saturated rings. The number of allylic oxidation sites excluding steroid dienone is 1. The van der Waals surface area contributed by atoms with E-state index in [0.717, 1.165) is 5.57 Å². The van der Waals surface area contributed by atoms with Gasteiger partial charge in [-0.25, -0.2) is 4.79 Å². The van der Waals surface area contributed by atoms with Crippen LogP contribution < -0.4 is 0 Å². The zero-order valence-electron chi connectivity index (χ0n) is 24.1. The Kier molecular flexibility index (Phi) is 7.07. The number of rotatable bonds is 5. The second kappa shape index (κ2) is 9.77. The van der Waals surface area contributed by atoms with Crippen LogP contribution >= 0.6 is 0 Å². The van der Waals surface area contributed by atoms with E-state index in [1.807, 2.05) is 45.9 Å². The predicted molar refractivity (Wildman–Crippen MR) is 146 cm³/mol. The lowest BCUT2D eigenvalue weighted by atomic mass is 9.46. The van der Waals surface area contributed by atoms with Crippen molar-refractivity contribution >= 4 is 11.9 Å². The SMILES string of the molecule is CC(=O)OC1OC2C=CC3(C)C(O)C(O)C4=C(C)CCC(O)(CC3C21N(C)COC(=O)c1ccccc1)C4(C)C. The van der Waals surface area contributed by atoms with Crippen molar-refractivity contribution in [3.05, 3.63) is 59.2 Å². The lowest BCUT2D eigenvalue weighted by Crippen LogP contribution is -2.81. The van der Waals surface area contributed by atoms with Gasteiger partial charge in [0.05, 0.1) is 17.3 Å². The number of aliphatic hydroxyl groups excluding tert-OH is 2. The third-order valence-corrected chi connectivity index (χ3v) is 10.4. The van der Waals surface area contributed by atoms with Crippen LogP contribution in [0.25, 0.3) is 0 Å². The lowest BCUT2D eigenvalue weighted by Gasteiger charge is -2.68. The fourth-order valence-electron chi connectivity index (χ4n) is 7.87. The summed E-state index contributed by atoms with van der Waals surface area (Å²) in [6.07, 6.45) is 0.886. The van der Waals surface area contributed by atoms with Gasteiger partial charge in [0.2, 0.25) is 6.29 Å². The van der Waals surface area contributed by atoms with Crippen molar-refractivity contribution in [3.8, 4) is 0 Å². The standard InChI is InChI=1S/C31H41NO8/c1-18-12-15-30(37)16-21-29(5,25(35)24(34)23(18)28(30,3)4)14-13-22-31(21,27(40-22)39-19(2)33)32(6)17-38-26(36)20-10-8-7-9-11-20/h7-11,13-14,21-22,24-25,27,34-35,37H,12,15-17H2,1-6H3. The highest BCUT2D eigenvalue weighted by molar-refractivity contribution is 5.89. The summed E-state index contributed by atoms with van der Waals surface area (Å²) in [5.41, 5.74) is -2.19. The monoisotopic (exact) mass is 555 g/mol. The molecular formula is C31H41NO8. The van der Waals surface area contributed by atoms with Gasteiger partial charge >= 0.3 is 11.9 Å². The largest absolute Gasteiger partial charge is 0.446 e. The first-order chi connectivity index (χ1) is 18.7. The molecule has 0 aromatic heterocycles. The third-order valence-electron chi connectivity index (χ3n) is 10.4. The molecule has 9 nitrogen and oxygen atoms in total. The first kappa shape index (κ1) is 29.0. The number of carbonyl (C=O) groups excluding carboxylic acids is 2. The van der Waals surface area contributed by atoms with Crippen molar-refractivity contribution in [1.82, 2.24) is 4.90 Å². The summed E-state index contributed by atoms with van der Waals surface area (Å²) in [4.78, 5) is 26.9. The number of hydrogen-bond donors (Lipinski definition) is 3. The molecule has 9 heteroatoms. The molecule has 2 bridgehead atoms. The maximum Gasteiger partial charge on any atom is 0.339 e. The molecule has 1 saturated heterocycles. The van der Waals surface area contributed by atoms with Gasteiger partial charge in [0, 0.05) is 23.7 Å². The number of ether oxygens (including phenoxy) is 3. The molecule has 3 aliphatic carbocycles. The molecule has 218 valence electrons. The first-order valence-electron chi connectivity index (χ1n) is 13.9. The summed E-state index contributed by atoms with van der Waals surface area (Å²) in [7, 11) is 1.76. The number of nitrogens with zero attached hydrogens (tertiary/aromatic N) is 1. The summed E-state index contributed by atoms with van der Waals surface area (Å²) in [5.74, 6) is -1.62. The Morgan fingerprint density at radius 2 is 1.82 bits per heavy atom. The molecule has 4 aliphatic rings. The molecular weight excluding hydrogens is 514 g/mol. The van der Waals surface area contributed by atoms with E-state index in [2.05, 4.69) is 0 Å². The Bertz CT molecular complexity index is 1240. The molecule has 1 aliphatic heterocycles. The van der Waals surface area contributed by atoms with Crippen molar-refractivity contribution < 1.29 is 39.1 Å². The van der Waals surface area contributed by atoms with E-state index in [1.54, 1.807) is 36.2 Å². The molecule has 0 radical (unpaired) electrons. The second-order valence-electron chi connectivity index (χ2n) is 12.7. The molecule has 1 heterocycles. The zero-order chi connectivity index (χ0) is 29.3. The number of aliphatic hydroxyl groups is 3. The Morgan fingerprint density at radius 1 is 1.15 bits per heavy atom. The van der Waals surface area contributed by atoms with E-state index in [-0.39, 0.29) is 13.2 Å². The van der Waals surface area contributed by atoms with Gasteiger partial charge in [-0.05, 0) is 50.9 Å². The molecule has 8 unspecified atom stereocenters. The highest BCUT2D eigenvalue weighted by atomic mass is 16.7. The second-order valence-corrected chi connectivity index (χ2v) is 12.7. The average Bonchev–Trinajstić information content (AvgIpc) is 2.89. The van der Waals surface area contributed by atoms with Crippen LogP contribution in [-0.4, -0.2) is 81.7 Å². The highest BCUT2D eigenvalue weighted by Gasteiger charge is 2.73. The molecule has 0 amide bonds. The Balaban J connectivity index is 1.60. The van der Waals surface area contributed by atoms with E-state index in [0.29, 0.717) is 24.0 Å². The summed E-state index contributed by atoms with van der Waals surface area (Å²) < 4.78 is 17.5. The number of benzene rings is 1. The fourth-order valence-corrected chi connectivity index (χ4v) is 7.87. The Hall–Kier alpha value is -2.56. The van der Waals surface area contributed by atoms with E-state index in [4.69, 9.17) is 14.2 Å². The van der Waals surface area contributed by atoms with Crippen LogP contribution in [0.15, 0.2) is 53.6 Å². The van der Waals surface area contributed by atoms with E-state index in [1.165, 1.54) is 6.92 Å². The van der Waals surface area contributed by atoms with Gasteiger partial charge in [0.25, 0.3) is 0 Å². The van der Waals surface area contributed by atoms with E-state index in [9.17, 15) is 24.9 Å². The molecule has 0 spiro atoms. The maximum atomic E-state index is 12.8. The molecule has 1 aromatic carbocycles. The number of esters is 2. The zero-order valence-corrected chi connectivity index (χ0v) is 24.1. The minimum Gasteiger partial charge on any atom is -0.446 e. The predicted octanol–water partition coefficient (Wildman–Crippen LogP) is 2.94. The summed E-state index contributed by atoms with van der Waals surface area (Å²) in [5, 5.41) is 35.9. The smallest absolute Gasteiger partial charge is 0.339 e. The summed E-state index contributed by atoms with van der Waals surface area (Å²) >= 11 is 0. The Morgan fingerprint density at radius 3 is 2.48 bits per heavy atom. The van der Waals surface area contributed by atoms with E-state index < -0.39 is 64.4 Å². The fraction of sp³-hybridized carbons (Fsp3) is 0.613. The maximum absolute atomic E-state index is 12.8. The quantitative estimate of drug-likeness (QED) is 0.286. The average molecular weight is 556 g/mol. The minimum absolute atomic E-state index is 0.156. The van der Waals surface area contributed by atoms with Crippen LogP contribution in [-0.2, 0) is 19.0 Å². The molecule has 1 saturated carbocycles. The minimum atomic E-state index is -1.24. The molecule has 3 N–H and O–H groups in total. The van der Waals surface area contributed by atoms with Gasteiger partial charge in [0.1, 0.15) is 24.5 Å². The van der Waals surface area contributed by atoms with Crippen molar-refractivity contribution in [2.75, 3.05) is 13.8 Å². The van der Waals surface area contributed by atoms with E-state index >= 15 is 0 Å². The van der Waals surface area contributed by atoms with Gasteiger partial charge < -0.3 is 29.5 Å². The van der Waals surface area contributed by atoms with Gasteiger partial charge in [-0.15, -0.1) is 0 Å². The molecule has 8 atom stereocenters. The van der Waals surface area contributed by atoms with Crippen LogP contribution in [0.1, 0.15) is 64.2 Å².